The van der Waals surface area contributed by atoms with Crippen molar-refractivity contribution in [2.24, 2.45) is 5.41 Å². The second-order valence-corrected chi connectivity index (χ2v) is 8.52. The third-order valence-electron chi connectivity index (χ3n) is 4.40. The Kier molecular flexibility index (Phi) is 3.33. The van der Waals surface area contributed by atoms with Gasteiger partial charge >= 0.3 is 0 Å². The van der Waals surface area contributed by atoms with Gasteiger partial charge in [0.2, 0.25) is 15.9 Å². The van der Waals surface area contributed by atoms with E-state index >= 15 is 0 Å². The van der Waals surface area contributed by atoms with Gasteiger partial charge in [0.05, 0.1) is 5.25 Å². The van der Waals surface area contributed by atoms with Crippen molar-refractivity contribution in [1.82, 2.24) is 10.0 Å². The van der Waals surface area contributed by atoms with Crippen LogP contribution in [-0.4, -0.2) is 32.2 Å². The molecule has 114 valence electrons. The molecule has 0 bridgehead atoms. The molecule has 0 radical (unpaired) electrons. The largest absolute Gasteiger partial charge is 0.354 e. The molecule has 3 atom stereocenters. The predicted molar refractivity (Wildman–Crippen MR) is 80.2 cm³/mol. The van der Waals surface area contributed by atoms with E-state index in [0.717, 1.165) is 5.56 Å². The highest BCUT2D eigenvalue weighted by atomic mass is 32.2. The fraction of sp³-hybridized carbons (Fsp3) is 0.533. The summed E-state index contributed by atoms with van der Waals surface area (Å²) in [5.74, 6) is -0.197. The molecule has 3 rings (SSSR count). The number of nitrogens with one attached hydrogen (secondary N) is 2. The van der Waals surface area contributed by atoms with Crippen molar-refractivity contribution in [1.29, 1.82) is 0 Å². The first-order chi connectivity index (χ1) is 9.81. The number of carbonyl (C=O) groups is 1. The molecule has 1 unspecified atom stereocenters. The fourth-order valence-corrected chi connectivity index (χ4v) is 4.88. The van der Waals surface area contributed by atoms with Gasteiger partial charge in [-0.25, -0.2) is 13.1 Å². The molecule has 2 fully saturated rings. The SMILES string of the molecule is CC1(C)CNC(=O)C1NS(=O)(=O)[C@@H]1C[C@H]1c1ccccc1. The molecular formula is C15H20N2O3S. The van der Waals surface area contributed by atoms with Crippen LogP contribution in [0.4, 0.5) is 0 Å². The van der Waals surface area contributed by atoms with Crippen molar-refractivity contribution in [3.05, 3.63) is 35.9 Å². The van der Waals surface area contributed by atoms with E-state index in [2.05, 4.69) is 10.0 Å². The number of sulfonamides is 1. The molecule has 1 saturated heterocycles. The smallest absolute Gasteiger partial charge is 0.238 e. The lowest BCUT2D eigenvalue weighted by Gasteiger charge is -2.24. The summed E-state index contributed by atoms with van der Waals surface area (Å²) in [6.07, 6.45) is 0.619. The first kappa shape index (κ1) is 14.5. The highest BCUT2D eigenvalue weighted by Gasteiger charge is 2.51. The Morgan fingerprint density at radius 3 is 2.48 bits per heavy atom. The molecular weight excluding hydrogens is 288 g/mol. The molecule has 2 aliphatic rings. The van der Waals surface area contributed by atoms with E-state index in [1.54, 1.807) is 0 Å². The first-order valence-corrected chi connectivity index (χ1v) is 8.70. The highest BCUT2D eigenvalue weighted by Crippen LogP contribution is 2.45. The summed E-state index contributed by atoms with van der Waals surface area (Å²) in [6, 6.07) is 8.97. The van der Waals surface area contributed by atoms with Crippen LogP contribution in [0, 0.1) is 5.41 Å². The highest BCUT2D eigenvalue weighted by molar-refractivity contribution is 7.90. The third-order valence-corrected chi connectivity index (χ3v) is 6.28. The molecule has 0 spiro atoms. The first-order valence-electron chi connectivity index (χ1n) is 7.15. The van der Waals surface area contributed by atoms with Crippen molar-refractivity contribution in [3.8, 4) is 0 Å². The van der Waals surface area contributed by atoms with E-state index in [1.807, 2.05) is 44.2 Å². The van der Waals surface area contributed by atoms with Gasteiger partial charge in [-0.3, -0.25) is 4.79 Å². The van der Waals surface area contributed by atoms with Gasteiger partial charge in [0, 0.05) is 17.9 Å². The van der Waals surface area contributed by atoms with Gasteiger partial charge in [0.25, 0.3) is 0 Å². The Bertz CT molecular complexity index is 655. The van der Waals surface area contributed by atoms with Gasteiger partial charge in [-0.15, -0.1) is 0 Å². The molecule has 1 heterocycles. The second kappa shape index (κ2) is 4.81. The van der Waals surface area contributed by atoms with Crippen molar-refractivity contribution < 1.29 is 13.2 Å². The maximum atomic E-state index is 12.5. The lowest BCUT2D eigenvalue weighted by Crippen LogP contribution is -2.48. The van der Waals surface area contributed by atoms with Crippen LogP contribution in [0.3, 0.4) is 0 Å². The third kappa shape index (κ3) is 2.70. The molecule has 1 saturated carbocycles. The van der Waals surface area contributed by atoms with E-state index in [1.165, 1.54) is 0 Å². The maximum Gasteiger partial charge on any atom is 0.238 e. The number of carbonyl (C=O) groups excluding carboxylic acids is 1. The minimum absolute atomic E-state index is 0.0382. The van der Waals surface area contributed by atoms with Gasteiger partial charge in [-0.2, -0.15) is 0 Å². The van der Waals surface area contributed by atoms with Crippen LogP contribution in [0.2, 0.25) is 0 Å². The van der Waals surface area contributed by atoms with Gasteiger partial charge in [-0.1, -0.05) is 44.2 Å². The summed E-state index contributed by atoms with van der Waals surface area (Å²) in [5.41, 5.74) is 0.643. The van der Waals surface area contributed by atoms with Crippen molar-refractivity contribution in [3.63, 3.8) is 0 Å². The van der Waals surface area contributed by atoms with E-state index in [9.17, 15) is 13.2 Å². The minimum Gasteiger partial charge on any atom is -0.354 e. The summed E-state index contributed by atoms with van der Waals surface area (Å²) in [6.45, 7) is 4.27. The van der Waals surface area contributed by atoms with Gasteiger partial charge < -0.3 is 5.32 Å². The van der Waals surface area contributed by atoms with E-state index in [4.69, 9.17) is 0 Å². The zero-order valence-corrected chi connectivity index (χ0v) is 13.0. The Labute approximate surface area is 125 Å². The second-order valence-electron chi connectivity index (χ2n) is 6.59. The number of benzene rings is 1. The summed E-state index contributed by atoms with van der Waals surface area (Å²) < 4.78 is 27.6. The standard InChI is InChI=1S/C15H20N2O3S/c1-15(2)9-16-14(18)13(15)17-21(19,20)12-8-11(12)10-6-4-3-5-7-10/h3-7,11-13,17H,8-9H2,1-2H3,(H,16,18)/t11-,12+,13?/m0/s1. The van der Waals surface area contributed by atoms with E-state index in [0.29, 0.717) is 13.0 Å². The van der Waals surface area contributed by atoms with E-state index in [-0.39, 0.29) is 11.8 Å². The zero-order valence-electron chi connectivity index (χ0n) is 12.2. The molecule has 2 N–H and O–H groups in total. The Hall–Kier alpha value is -1.40. The molecule has 6 heteroatoms. The van der Waals surface area contributed by atoms with Crippen LogP contribution in [0.15, 0.2) is 30.3 Å². The van der Waals surface area contributed by atoms with E-state index < -0.39 is 26.7 Å². The number of hydrogen-bond acceptors (Lipinski definition) is 3. The summed E-state index contributed by atoms with van der Waals surface area (Å²) in [7, 11) is -3.48. The molecule has 5 nitrogen and oxygen atoms in total. The molecule has 21 heavy (non-hydrogen) atoms. The number of rotatable bonds is 4. The van der Waals surface area contributed by atoms with Crippen LogP contribution in [-0.2, 0) is 14.8 Å². The Morgan fingerprint density at radius 2 is 1.90 bits per heavy atom. The average Bonchev–Trinajstić information content (AvgIpc) is 3.20. The lowest BCUT2D eigenvalue weighted by atomic mass is 9.88. The predicted octanol–water partition coefficient (Wildman–Crippen LogP) is 0.987. The molecule has 1 amide bonds. The number of amides is 1. The quantitative estimate of drug-likeness (QED) is 0.871. The normalized spacial score (nSPS) is 31.0. The number of hydrogen-bond donors (Lipinski definition) is 2. The maximum absolute atomic E-state index is 12.5. The topological polar surface area (TPSA) is 75.3 Å². The molecule has 1 aliphatic carbocycles. The van der Waals surface area contributed by atoms with Gasteiger partial charge in [0.1, 0.15) is 6.04 Å². The summed E-state index contributed by atoms with van der Waals surface area (Å²) in [5, 5.41) is 2.29. The van der Waals surface area contributed by atoms with Crippen LogP contribution < -0.4 is 10.0 Å². The minimum atomic E-state index is -3.48. The average molecular weight is 308 g/mol. The van der Waals surface area contributed by atoms with Crippen LogP contribution >= 0.6 is 0 Å². The van der Waals surface area contributed by atoms with Crippen LogP contribution in [0.1, 0.15) is 31.7 Å². The lowest BCUT2D eigenvalue weighted by molar-refractivity contribution is -0.121. The molecule has 1 aliphatic heterocycles. The van der Waals surface area contributed by atoms with Crippen LogP contribution in [0.5, 0.6) is 0 Å². The fourth-order valence-electron chi connectivity index (χ4n) is 2.90. The van der Waals surface area contributed by atoms with Crippen molar-refractivity contribution in [2.75, 3.05) is 6.54 Å². The Morgan fingerprint density at radius 1 is 1.24 bits per heavy atom. The molecule has 0 aromatic heterocycles. The van der Waals surface area contributed by atoms with Crippen molar-refractivity contribution in [2.45, 2.75) is 37.5 Å². The zero-order chi connectivity index (χ0) is 15.3. The molecule has 1 aromatic rings. The molecule has 1 aromatic carbocycles. The van der Waals surface area contributed by atoms with Gasteiger partial charge in [-0.05, 0) is 12.0 Å². The van der Waals surface area contributed by atoms with Crippen LogP contribution in [0.25, 0.3) is 0 Å². The summed E-state index contributed by atoms with van der Waals surface area (Å²) >= 11 is 0. The van der Waals surface area contributed by atoms with Crippen molar-refractivity contribution >= 4 is 15.9 Å². The Balaban J connectivity index is 1.73. The monoisotopic (exact) mass is 308 g/mol. The van der Waals surface area contributed by atoms with Gasteiger partial charge in [0.15, 0.2) is 0 Å². The summed E-state index contributed by atoms with van der Waals surface area (Å²) in [4.78, 5) is 11.8.